The molecule has 1 aliphatic heterocycles. The Morgan fingerprint density at radius 1 is 1.45 bits per heavy atom. The van der Waals surface area contributed by atoms with E-state index in [1.165, 1.54) is 0 Å². The summed E-state index contributed by atoms with van der Waals surface area (Å²) in [4.78, 5) is 14.0. The van der Waals surface area contributed by atoms with E-state index in [-0.39, 0.29) is 6.09 Å². The Morgan fingerprint density at radius 2 is 2.18 bits per heavy atom. The van der Waals surface area contributed by atoms with E-state index in [4.69, 9.17) is 4.74 Å². The molecule has 4 heteroatoms. The third-order valence-electron chi connectivity index (χ3n) is 4.38. The van der Waals surface area contributed by atoms with Gasteiger partial charge in [0.25, 0.3) is 0 Å². The van der Waals surface area contributed by atoms with E-state index in [9.17, 15) is 9.90 Å². The summed E-state index contributed by atoms with van der Waals surface area (Å²) in [6.45, 7) is 11.6. The molecule has 0 saturated carbocycles. The van der Waals surface area contributed by atoms with Crippen LogP contribution in [0.15, 0.2) is 12.7 Å². The van der Waals surface area contributed by atoms with E-state index in [1.807, 2.05) is 24.8 Å². The Hall–Kier alpha value is -1.03. The Balaban J connectivity index is 2.58. The Bertz CT molecular complexity index is 349. The highest BCUT2D eigenvalue weighted by Crippen LogP contribution is 2.33. The summed E-state index contributed by atoms with van der Waals surface area (Å²) in [5.74, 6) is 0.872. The topological polar surface area (TPSA) is 49.8 Å². The fourth-order valence-electron chi connectivity index (χ4n) is 3.21. The largest absolute Gasteiger partial charge is 0.449 e. The standard InChI is InChI=1S/C18H33NO3/c1-5-7-9-16-14-19(17(20)22-12-8-6-2)11-10-15(16)13-18(3,4)21/h5,15-16,21H,1,6-14H2,2-4H3. The Morgan fingerprint density at radius 3 is 2.77 bits per heavy atom. The number of rotatable bonds is 8. The Labute approximate surface area is 135 Å². The average Bonchev–Trinajstić information content (AvgIpc) is 2.44. The normalized spacial score (nSPS) is 22.5. The number of hydrogen-bond donors (Lipinski definition) is 1. The zero-order chi connectivity index (χ0) is 16.6. The highest BCUT2D eigenvalue weighted by molar-refractivity contribution is 5.67. The van der Waals surface area contributed by atoms with Crippen LogP contribution in [0.5, 0.6) is 0 Å². The van der Waals surface area contributed by atoms with Crippen LogP contribution < -0.4 is 0 Å². The predicted molar refractivity (Wildman–Crippen MR) is 89.8 cm³/mol. The minimum atomic E-state index is -0.652. The number of allylic oxidation sites excluding steroid dienone is 1. The van der Waals surface area contributed by atoms with Crippen molar-refractivity contribution in [2.45, 2.75) is 64.9 Å². The SMILES string of the molecule is C=CCCC1CN(C(=O)OCCCC)CCC1CC(C)(C)O. The summed E-state index contributed by atoms with van der Waals surface area (Å²) in [6.07, 6.45) is 7.39. The Kier molecular flexibility index (Phi) is 7.94. The zero-order valence-corrected chi connectivity index (χ0v) is 14.5. The quantitative estimate of drug-likeness (QED) is 0.545. The van der Waals surface area contributed by atoms with Crippen molar-refractivity contribution in [3.05, 3.63) is 12.7 Å². The number of likely N-dealkylation sites (tertiary alicyclic amines) is 1. The molecule has 0 aliphatic carbocycles. The highest BCUT2D eigenvalue weighted by atomic mass is 16.6. The number of piperidine rings is 1. The second-order valence-electron chi connectivity index (χ2n) is 7.11. The summed E-state index contributed by atoms with van der Waals surface area (Å²) in [5.41, 5.74) is -0.652. The van der Waals surface area contributed by atoms with Gasteiger partial charge in [0.15, 0.2) is 0 Å². The van der Waals surface area contributed by atoms with E-state index in [0.717, 1.165) is 51.6 Å². The summed E-state index contributed by atoms with van der Waals surface area (Å²) in [7, 11) is 0. The van der Waals surface area contributed by atoms with Crippen LogP contribution in [0.3, 0.4) is 0 Å². The number of unbranched alkanes of at least 4 members (excludes halogenated alkanes) is 1. The first-order chi connectivity index (χ1) is 10.4. The van der Waals surface area contributed by atoms with E-state index in [2.05, 4.69) is 13.5 Å². The molecule has 1 aliphatic rings. The third kappa shape index (κ3) is 6.82. The summed E-state index contributed by atoms with van der Waals surface area (Å²) >= 11 is 0. The van der Waals surface area contributed by atoms with Crippen molar-refractivity contribution in [1.82, 2.24) is 4.90 Å². The molecular formula is C18H33NO3. The lowest BCUT2D eigenvalue weighted by Crippen LogP contribution is -2.45. The molecule has 1 amide bonds. The second-order valence-corrected chi connectivity index (χ2v) is 7.11. The van der Waals surface area contributed by atoms with Crippen molar-refractivity contribution in [1.29, 1.82) is 0 Å². The van der Waals surface area contributed by atoms with Gasteiger partial charge in [-0.05, 0) is 57.8 Å². The van der Waals surface area contributed by atoms with Crippen LogP contribution >= 0.6 is 0 Å². The van der Waals surface area contributed by atoms with Crippen LogP contribution in [0, 0.1) is 11.8 Å². The van der Waals surface area contributed by atoms with Gasteiger partial charge in [0.2, 0.25) is 0 Å². The van der Waals surface area contributed by atoms with Crippen LogP contribution in [-0.4, -0.2) is 41.4 Å². The van der Waals surface area contributed by atoms with Gasteiger partial charge in [-0.1, -0.05) is 19.4 Å². The van der Waals surface area contributed by atoms with Gasteiger partial charge in [-0.15, -0.1) is 6.58 Å². The third-order valence-corrected chi connectivity index (χ3v) is 4.38. The number of ether oxygens (including phenoxy) is 1. The van der Waals surface area contributed by atoms with Crippen LogP contribution in [0.25, 0.3) is 0 Å². The lowest BCUT2D eigenvalue weighted by molar-refractivity contribution is 0.0129. The first kappa shape index (κ1) is 19.0. The molecule has 0 radical (unpaired) electrons. The minimum Gasteiger partial charge on any atom is -0.449 e. The molecule has 1 fully saturated rings. The van der Waals surface area contributed by atoms with Crippen molar-refractivity contribution < 1.29 is 14.6 Å². The summed E-state index contributed by atoms with van der Waals surface area (Å²) in [6, 6.07) is 0. The molecule has 0 aromatic rings. The smallest absolute Gasteiger partial charge is 0.409 e. The van der Waals surface area contributed by atoms with Crippen molar-refractivity contribution in [3.8, 4) is 0 Å². The molecule has 0 bridgehead atoms. The van der Waals surface area contributed by atoms with Crippen molar-refractivity contribution in [2.75, 3.05) is 19.7 Å². The lowest BCUT2D eigenvalue weighted by Gasteiger charge is -2.40. The molecule has 0 aromatic heterocycles. The molecular weight excluding hydrogens is 278 g/mol. The van der Waals surface area contributed by atoms with Gasteiger partial charge in [0, 0.05) is 13.1 Å². The number of carbonyl (C=O) groups is 1. The molecule has 22 heavy (non-hydrogen) atoms. The molecule has 2 unspecified atom stereocenters. The second kappa shape index (κ2) is 9.19. The van der Waals surface area contributed by atoms with Gasteiger partial charge in [0.1, 0.15) is 0 Å². The van der Waals surface area contributed by atoms with Gasteiger partial charge in [-0.3, -0.25) is 0 Å². The maximum absolute atomic E-state index is 12.1. The number of nitrogens with zero attached hydrogens (tertiary/aromatic N) is 1. The van der Waals surface area contributed by atoms with Gasteiger partial charge in [-0.25, -0.2) is 4.79 Å². The molecule has 1 heterocycles. The van der Waals surface area contributed by atoms with E-state index >= 15 is 0 Å². The molecule has 1 N–H and O–H groups in total. The number of hydrogen-bond acceptors (Lipinski definition) is 3. The van der Waals surface area contributed by atoms with Gasteiger partial charge in [-0.2, -0.15) is 0 Å². The number of amides is 1. The molecule has 2 atom stereocenters. The molecule has 0 aromatic carbocycles. The van der Waals surface area contributed by atoms with Gasteiger partial charge in [0.05, 0.1) is 12.2 Å². The predicted octanol–water partition coefficient (Wildman–Crippen LogP) is 3.99. The van der Waals surface area contributed by atoms with Crippen LogP contribution in [-0.2, 0) is 4.74 Å². The highest BCUT2D eigenvalue weighted by Gasteiger charge is 2.34. The molecule has 4 nitrogen and oxygen atoms in total. The van der Waals surface area contributed by atoms with Crippen LogP contribution in [0.1, 0.15) is 59.3 Å². The van der Waals surface area contributed by atoms with Crippen molar-refractivity contribution >= 4 is 6.09 Å². The first-order valence-electron chi connectivity index (χ1n) is 8.62. The van der Waals surface area contributed by atoms with Crippen molar-refractivity contribution in [2.24, 2.45) is 11.8 Å². The molecule has 1 rings (SSSR count). The van der Waals surface area contributed by atoms with E-state index in [1.54, 1.807) is 0 Å². The first-order valence-corrected chi connectivity index (χ1v) is 8.62. The van der Waals surface area contributed by atoms with Crippen LogP contribution in [0.4, 0.5) is 4.79 Å². The minimum absolute atomic E-state index is 0.182. The summed E-state index contributed by atoms with van der Waals surface area (Å²) in [5, 5.41) is 10.1. The fraction of sp³-hybridized carbons (Fsp3) is 0.833. The monoisotopic (exact) mass is 311 g/mol. The number of carbonyl (C=O) groups excluding carboxylic acids is 1. The summed E-state index contributed by atoms with van der Waals surface area (Å²) < 4.78 is 5.33. The number of aliphatic hydroxyl groups is 1. The van der Waals surface area contributed by atoms with Gasteiger partial charge < -0.3 is 14.7 Å². The maximum Gasteiger partial charge on any atom is 0.409 e. The fourth-order valence-corrected chi connectivity index (χ4v) is 3.21. The average molecular weight is 311 g/mol. The van der Waals surface area contributed by atoms with E-state index in [0.29, 0.717) is 18.4 Å². The maximum atomic E-state index is 12.1. The van der Waals surface area contributed by atoms with Crippen LogP contribution in [0.2, 0.25) is 0 Å². The van der Waals surface area contributed by atoms with E-state index < -0.39 is 5.60 Å². The van der Waals surface area contributed by atoms with Gasteiger partial charge >= 0.3 is 6.09 Å². The molecule has 1 saturated heterocycles. The van der Waals surface area contributed by atoms with Crippen molar-refractivity contribution in [3.63, 3.8) is 0 Å². The lowest BCUT2D eigenvalue weighted by atomic mass is 9.77. The zero-order valence-electron chi connectivity index (χ0n) is 14.5. The molecule has 0 spiro atoms. The molecule has 128 valence electrons.